The molecular formula is C7H9BrClNS. The molecule has 62 valence electrons. The first-order valence-electron chi connectivity index (χ1n) is 2.90. The van der Waals surface area contributed by atoms with Crippen molar-refractivity contribution in [2.75, 3.05) is 6.26 Å². The maximum Gasteiger partial charge on any atom is 0.106 e. The van der Waals surface area contributed by atoms with Gasteiger partial charge in [-0.1, -0.05) is 0 Å². The lowest BCUT2D eigenvalue weighted by atomic mass is 10.3. The molecule has 1 nitrogen and oxygen atoms in total. The van der Waals surface area contributed by atoms with Crippen molar-refractivity contribution in [2.24, 2.45) is 0 Å². The van der Waals surface area contributed by atoms with E-state index in [2.05, 4.69) is 34.1 Å². The van der Waals surface area contributed by atoms with Crippen molar-refractivity contribution in [1.82, 2.24) is 4.98 Å². The van der Waals surface area contributed by atoms with Crippen LogP contribution in [0.4, 0.5) is 0 Å². The summed E-state index contributed by atoms with van der Waals surface area (Å²) in [7, 11) is 0. The van der Waals surface area contributed by atoms with Crippen LogP contribution in [-0.2, 0) is 0 Å². The van der Waals surface area contributed by atoms with E-state index in [1.165, 1.54) is 10.5 Å². The summed E-state index contributed by atoms with van der Waals surface area (Å²) in [6.45, 7) is 2.08. The fourth-order valence-electron chi connectivity index (χ4n) is 0.723. The molecule has 0 saturated carbocycles. The van der Waals surface area contributed by atoms with Gasteiger partial charge in [-0.2, -0.15) is 0 Å². The zero-order chi connectivity index (χ0) is 7.56. The van der Waals surface area contributed by atoms with Crippen molar-refractivity contribution in [2.45, 2.75) is 11.8 Å². The van der Waals surface area contributed by atoms with Crippen molar-refractivity contribution in [1.29, 1.82) is 0 Å². The van der Waals surface area contributed by atoms with Crippen molar-refractivity contribution in [3.05, 3.63) is 22.4 Å². The second-order valence-corrected chi connectivity index (χ2v) is 3.64. The van der Waals surface area contributed by atoms with Gasteiger partial charge in [-0.3, -0.25) is 0 Å². The van der Waals surface area contributed by atoms with Gasteiger partial charge in [0.1, 0.15) is 4.60 Å². The molecule has 0 unspecified atom stereocenters. The summed E-state index contributed by atoms with van der Waals surface area (Å²) >= 11 is 5.03. The standard InChI is InChI=1S/C7H8BrNS.ClH/c1-5-3-7(8)9-4-6(5)10-2;/h3-4H,1-2H3;1H. The zero-order valence-corrected chi connectivity index (χ0v) is 9.52. The van der Waals surface area contributed by atoms with E-state index in [1.807, 2.05) is 12.3 Å². The van der Waals surface area contributed by atoms with Gasteiger partial charge in [0.05, 0.1) is 0 Å². The van der Waals surface area contributed by atoms with Crippen LogP contribution in [0.2, 0.25) is 0 Å². The van der Waals surface area contributed by atoms with Gasteiger partial charge in [0.15, 0.2) is 0 Å². The fourth-order valence-corrected chi connectivity index (χ4v) is 1.71. The van der Waals surface area contributed by atoms with Crippen molar-refractivity contribution in [3.8, 4) is 0 Å². The average molecular weight is 255 g/mol. The number of halogens is 2. The minimum absolute atomic E-state index is 0. The highest BCUT2D eigenvalue weighted by Crippen LogP contribution is 2.20. The van der Waals surface area contributed by atoms with Crippen LogP contribution in [0.15, 0.2) is 21.8 Å². The Morgan fingerprint density at radius 3 is 2.64 bits per heavy atom. The zero-order valence-electron chi connectivity index (χ0n) is 6.30. The predicted molar refractivity (Wildman–Crippen MR) is 55.7 cm³/mol. The molecule has 1 aromatic heterocycles. The van der Waals surface area contributed by atoms with Crippen LogP contribution in [0.25, 0.3) is 0 Å². The highest BCUT2D eigenvalue weighted by Gasteiger charge is 1.96. The molecule has 0 N–H and O–H groups in total. The van der Waals surface area contributed by atoms with Crippen LogP contribution in [0.1, 0.15) is 5.56 Å². The van der Waals surface area contributed by atoms with Crippen molar-refractivity contribution in [3.63, 3.8) is 0 Å². The number of hydrogen-bond acceptors (Lipinski definition) is 2. The Morgan fingerprint density at radius 1 is 1.55 bits per heavy atom. The smallest absolute Gasteiger partial charge is 0.106 e. The van der Waals surface area contributed by atoms with Crippen LogP contribution >= 0.6 is 40.1 Å². The quantitative estimate of drug-likeness (QED) is 0.563. The second-order valence-electron chi connectivity index (χ2n) is 1.98. The molecule has 0 spiro atoms. The van der Waals surface area contributed by atoms with E-state index in [0.717, 1.165) is 4.60 Å². The number of thioether (sulfide) groups is 1. The highest BCUT2D eigenvalue weighted by atomic mass is 79.9. The number of aryl methyl sites for hydroxylation is 1. The average Bonchev–Trinajstić information content (AvgIpc) is 1.88. The maximum atomic E-state index is 4.11. The van der Waals surface area contributed by atoms with Gasteiger partial charge in [0, 0.05) is 11.1 Å². The molecular weight excluding hydrogens is 246 g/mol. The summed E-state index contributed by atoms with van der Waals surface area (Å²) in [5, 5.41) is 0. The third-order valence-electron chi connectivity index (χ3n) is 1.25. The van der Waals surface area contributed by atoms with E-state index < -0.39 is 0 Å². The van der Waals surface area contributed by atoms with Gasteiger partial charge in [-0.15, -0.1) is 24.2 Å². The number of aromatic nitrogens is 1. The minimum Gasteiger partial charge on any atom is -0.248 e. The number of rotatable bonds is 1. The van der Waals surface area contributed by atoms with E-state index in [-0.39, 0.29) is 12.4 Å². The molecule has 1 aromatic rings. The molecule has 0 aliphatic heterocycles. The summed E-state index contributed by atoms with van der Waals surface area (Å²) in [6.07, 6.45) is 3.93. The SMILES string of the molecule is CSc1cnc(Br)cc1C.Cl. The Morgan fingerprint density at radius 2 is 2.18 bits per heavy atom. The number of nitrogens with zero attached hydrogens (tertiary/aromatic N) is 1. The highest BCUT2D eigenvalue weighted by molar-refractivity contribution is 9.10. The molecule has 0 aliphatic carbocycles. The van der Waals surface area contributed by atoms with Crippen molar-refractivity contribution < 1.29 is 0 Å². The number of hydrogen-bond donors (Lipinski definition) is 0. The van der Waals surface area contributed by atoms with E-state index in [4.69, 9.17) is 0 Å². The molecule has 11 heavy (non-hydrogen) atoms. The van der Waals surface area contributed by atoms with E-state index in [1.54, 1.807) is 11.8 Å². The molecule has 0 aliphatic rings. The van der Waals surface area contributed by atoms with Gasteiger partial charge >= 0.3 is 0 Å². The predicted octanol–water partition coefficient (Wildman–Crippen LogP) is 3.30. The maximum absolute atomic E-state index is 4.11. The van der Waals surface area contributed by atoms with Crippen LogP contribution < -0.4 is 0 Å². The first-order valence-corrected chi connectivity index (χ1v) is 4.92. The van der Waals surface area contributed by atoms with Crippen molar-refractivity contribution >= 4 is 40.1 Å². The summed E-state index contributed by atoms with van der Waals surface area (Å²) in [5.41, 5.74) is 1.27. The monoisotopic (exact) mass is 253 g/mol. The third-order valence-corrected chi connectivity index (χ3v) is 2.55. The van der Waals surface area contributed by atoms with Gasteiger partial charge in [0.2, 0.25) is 0 Å². The fraction of sp³-hybridized carbons (Fsp3) is 0.286. The van der Waals surface area contributed by atoms with Crippen LogP contribution in [0.3, 0.4) is 0 Å². The Kier molecular flexibility index (Phi) is 5.13. The Balaban J connectivity index is 0.000001000. The second kappa shape index (κ2) is 5.01. The molecule has 0 saturated heterocycles. The first-order chi connectivity index (χ1) is 4.74. The van der Waals surface area contributed by atoms with Gasteiger partial charge in [0.25, 0.3) is 0 Å². The Hall–Kier alpha value is 0.270. The lowest BCUT2D eigenvalue weighted by Crippen LogP contribution is -1.81. The Labute approximate surface area is 85.5 Å². The molecule has 1 rings (SSSR count). The van der Waals surface area contributed by atoms with Gasteiger partial charge in [-0.25, -0.2) is 4.98 Å². The number of pyridine rings is 1. The van der Waals surface area contributed by atoms with Gasteiger partial charge in [-0.05, 0) is 40.7 Å². The van der Waals surface area contributed by atoms with Crippen LogP contribution in [-0.4, -0.2) is 11.2 Å². The normalized spacial score (nSPS) is 9.00. The first kappa shape index (κ1) is 11.3. The molecule has 0 amide bonds. The van der Waals surface area contributed by atoms with E-state index in [9.17, 15) is 0 Å². The van der Waals surface area contributed by atoms with E-state index in [0.29, 0.717) is 0 Å². The summed E-state index contributed by atoms with van der Waals surface area (Å²) in [5.74, 6) is 0. The van der Waals surface area contributed by atoms with Crippen LogP contribution in [0, 0.1) is 6.92 Å². The minimum atomic E-state index is 0. The summed E-state index contributed by atoms with van der Waals surface area (Å²) in [6, 6.07) is 2.02. The molecule has 4 heteroatoms. The third kappa shape index (κ3) is 3.01. The molecule has 1 heterocycles. The lowest BCUT2D eigenvalue weighted by Gasteiger charge is -1.99. The summed E-state index contributed by atoms with van der Waals surface area (Å²) < 4.78 is 0.905. The lowest BCUT2D eigenvalue weighted by molar-refractivity contribution is 1.15. The molecule has 0 radical (unpaired) electrons. The molecule has 0 bridgehead atoms. The topological polar surface area (TPSA) is 12.9 Å². The molecule has 0 fully saturated rings. The Bertz CT molecular complexity index is 242. The van der Waals surface area contributed by atoms with Crippen LogP contribution in [0.5, 0.6) is 0 Å². The van der Waals surface area contributed by atoms with Gasteiger partial charge < -0.3 is 0 Å². The molecule has 0 aromatic carbocycles. The summed E-state index contributed by atoms with van der Waals surface area (Å²) in [4.78, 5) is 5.35. The molecule has 0 atom stereocenters. The largest absolute Gasteiger partial charge is 0.248 e. The van der Waals surface area contributed by atoms with E-state index >= 15 is 0 Å².